The highest BCUT2D eigenvalue weighted by Gasteiger charge is 2.27. The summed E-state index contributed by atoms with van der Waals surface area (Å²) in [6.45, 7) is 2.81. The van der Waals surface area contributed by atoms with Crippen LogP contribution in [-0.2, 0) is 9.59 Å². The van der Waals surface area contributed by atoms with Gasteiger partial charge in [0.05, 0.1) is 13.7 Å². The van der Waals surface area contributed by atoms with E-state index in [1.54, 1.807) is 46.1 Å². The lowest BCUT2D eigenvalue weighted by atomic mass is 10.1. The molecule has 7 heteroatoms. The summed E-state index contributed by atoms with van der Waals surface area (Å²) in [5, 5.41) is 0. The van der Waals surface area contributed by atoms with E-state index in [-0.39, 0.29) is 24.3 Å². The normalized spacial score (nSPS) is 18.3. The second-order valence-corrected chi connectivity index (χ2v) is 7.03. The zero-order valence-corrected chi connectivity index (χ0v) is 15.9. The molecule has 1 aromatic rings. The molecule has 0 aliphatic carbocycles. The van der Waals surface area contributed by atoms with Gasteiger partial charge in [0.1, 0.15) is 5.75 Å². The molecule has 0 N–H and O–H groups in total. The molecular weight excluding hydrogens is 346 g/mol. The molecule has 7 nitrogen and oxygen atoms in total. The summed E-state index contributed by atoms with van der Waals surface area (Å²) < 4.78 is 5.17. The molecule has 2 aliphatic rings. The van der Waals surface area contributed by atoms with Crippen LogP contribution in [0, 0.1) is 0 Å². The largest absolute Gasteiger partial charge is 0.497 e. The lowest BCUT2D eigenvalue weighted by Crippen LogP contribution is -2.53. The predicted octanol–water partition coefficient (Wildman–Crippen LogP) is 1.38. The van der Waals surface area contributed by atoms with E-state index in [2.05, 4.69) is 0 Å². The molecule has 0 unspecified atom stereocenters. The van der Waals surface area contributed by atoms with Crippen LogP contribution in [0.5, 0.6) is 5.75 Å². The lowest BCUT2D eigenvalue weighted by molar-refractivity contribution is -0.141. The van der Waals surface area contributed by atoms with Crippen LogP contribution in [-0.4, -0.2) is 78.8 Å². The summed E-state index contributed by atoms with van der Waals surface area (Å²) in [6.07, 6.45) is 3.45. The van der Waals surface area contributed by atoms with Crippen molar-refractivity contribution in [1.82, 2.24) is 14.7 Å². The van der Waals surface area contributed by atoms with Crippen molar-refractivity contribution < 1.29 is 19.1 Å². The highest BCUT2D eigenvalue weighted by Crippen LogP contribution is 2.16. The number of piperazine rings is 1. The Hall–Kier alpha value is -2.57. The first kappa shape index (κ1) is 19.2. The van der Waals surface area contributed by atoms with Crippen molar-refractivity contribution in [3.63, 3.8) is 0 Å². The number of carbonyl (C=O) groups excluding carboxylic acids is 3. The van der Waals surface area contributed by atoms with Crippen molar-refractivity contribution in [2.24, 2.45) is 0 Å². The van der Waals surface area contributed by atoms with Crippen LogP contribution in [0.3, 0.4) is 0 Å². The summed E-state index contributed by atoms with van der Waals surface area (Å²) in [4.78, 5) is 42.5. The van der Waals surface area contributed by atoms with Crippen LogP contribution in [0.4, 0.5) is 0 Å². The van der Waals surface area contributed by atoms with Gasteiger partial charge >= 0.3 is 0 Å². The first-order valence-electron chi connectivity index (χ1n) is 9.57. The molecule has 27 heavy (non-hydrogen) atoms. The molecule has 2 fully saturated rings. The third kappa shape index (κ3) is 4.78. The van der Waals surface area contributed by atoms with Crippen LogP contribution < -0.4 is 4.74 Å². The van der Waals surface area contributed by atoms with Crippen molar-refractivity contribution in [2.75, 3.05) is 46.4 Å². The molecular formula is C20H27N3O4. The van der Waals surface area contributed by atoms with Gasteiger partial charge in [0, 0.05) is 44.7 Å². The number of methoxy groups -OCH3 is 1. The van der Waals surface area contributed by atoms with E-state index >= 15 is 0 Å². The number of nitrogens with zero attached hydrogens (tertiary/aromatic N) is 3. The minimum Gasteiger partial charge on any atom is -0.497 e. The zero-order valence-electron chi connectivity index (χ0n) is 15.9. The Labute approximate surface area is 159 Å². The Balaban J connectivity index is 1.52. The van der Waals surface area contributed by atoms with Gasteiger partial charge in [0.15, 0.2) is 0 Å². The van der Waals surface area contributed by atoms with Gasteiger partial charge < -0.3 is 19.4 Å². The minimum atomic E-state index is -0.0521. The number of carbonyl (C=O) groups is 3. The van der Waals surface area contributed by atoms with Gasteiger partial charge in [-0.3, -0.25) is 14.4 Å². The maximum absolute atomic E-state index is 12.7. The maximum Gasteiger partial charge on any atom is 0.254 e. The van der Waals surface area contributed by atoms with Crippen molar-refractivity contribution >= 4 is 17.7 Å². The van der Waals surface area contributed by atoms with Crippen LogP contribution in [0.15, 0.2) is 24.3 Å². The van der Waals surface area contributed by atoms with Crippen LogP contribution >= 0.6 is 0 Å². The summed E-state index contributed by atoms with van der Waals surface area (Å²) >= 11 is 0. The van der Waals surface area contributed by atoms with Crippen molar-refractivity contribution in [1.29, 1.82) is 0 Å². The molecule has 1 aromatic carbocycles. The highest BCUT2D eigenvalue weighted by atomic mass is 16.5. The zero-order chi connectivity index (χ0) is 19.2. The van der Waals surface area contributed by atoms with Gasteiger partial charge in [0.25, 0.3) is 5.91 Å². The second kappa shape index (κ2) is 8.88. The van der Waals surface area contributed by atoms with Crippen LogP contribution in [0.2, 0.25) is 0 Å². The first-order chi connectivity index (χ1) is 13.1. The summed E-state index contributed by atoms with van der Waals surface area (Å²) in [6, 6.07) is 7.10. The summed E-state index contributed by atoms with van der Waals surface area (Å²) in [7, 11) is 1.57. The molecule has 2 heterocycles. The summed E-state index contributed by atoms with van der Waals surface area (Å²) in [5.41, 5.74) is 0.587. The number of likely N-dealkylation sites (tertiary alicyclic amines) is 1. The van der Waals surface area contributed by atoms with Gasteiger partial charge in [-0.05, 0) is 31.0 Å². The third-order valence-electron chi connectivity index (χ3n) is 5.23. The fraction of sp³-hybridized carbons (Fsp3) is 0.550. The van der Waals surface area contributed by atoms with E-state index in [1.165, 1.54) is 0 Å². The van der Waals surface area contributed by atoms with Crippen molar-refractivity contribution in [2.45, 2.75) is 25.7 Å². The molecule has 0 spiro atoms. The van der Waals surface area contributed by atoms with E-state index in [1.807, 2.05) is 0 Å². The molecule has 0 saturated carbocycles. The van der Waals surface area contributed by atoms with E-state index in [4.69, 9.17) is 4.74 Å². The fourth-order valence-electron chi connectivity index (χ4n) is 3.57. The molecule has 0 radical (unpaired) electrons. The minimum absolute atomic E-state index is 0.0290. The molecule has 0 bridgehead atoms. The standard InChI is InChI=1S/C20H27N3O4/c1-27-17-7-5-6-16(14-17)20(26)22-12-10-21(11-13-22)19(25)15-23-9-4-2-3-8-18(23)24/h5-7,14H,2-4,8-13,15H2,1H3. The van der Waals surface area contributed by atoms with Gasteiger partial charge in [-0.25, -0.2) is 0 Å². The van der Waals surface area contributed by atoms with E-state index in [0.29, 0.717) is 50.5 Å². The SMILES string of the molecule is COc1cccc(C(=O)N2CCN(C(=O)CN3CCCCCC3=O)CC2)c1. The van der Waals surface area contributed by atoms with E-state index in [0.717, 1.165) is 19.3 Å². The Morgan fingerprint density at radius 1 is 1.00 bits per heavy atom. The van der Waals surface area contributed by atoms with Gasteiger partial charge in [-0.15, -0.1) is 0 Å². The molecule has 3 amide bonds. The quantitative estimate of drug-likeness (QED) is 0.800. The average molecular weight is 373 g/mol. The maximum atomic E-state index is 12.7. The highest BCUT2D eigenvalue weighted by molar-refractivity contribution is 5.95. The third-order valence-corrected chi connectivity index (χ3v) is 5.23. The summed E-state index contributed by atoms with van der Waals surface area (Å²) in [5.74, 6) is 0.645. The molecule has 3 rings (SSSR count). The lowest BCUT2D eigenvalue weighted by Gasteiger charge is -2.35. The molecule has 2 saturated heterocycles. The number of ether oxygens (including phenoxy) is 1. The Morgan fingerprint density at radius 3 is 2.48 bits per heavy atom. The Bertz CT molecular complexity index is 698. The van der Waals surface area contributed by atoms with Crippen molar-refractivity contribution in [3.05, 3.63) is 29.8 Å². The number of benzene rings is 1. The van der Waals surface area contributed by atoms with E-state index in [9.17, 15) is 14.4 Å². The number of hydrogen-bond donors (Lipinski definition) is 0. The van der Waals surface area contributed by atoms with Gasteiger partial charge in [0.2, 0.25) is 11.8 Å². The van der Waals surface area contributed by atoms with E-state index < -0.39 is 0 Å². The van der Waals surface area contributed by atoms with Crippen LogP contribution in [0.1, 0.15) is 36.0 Å². The molecule has 2 aliphatic heterocycles. The van der Waals surface area contributed by atoms with Gasteiger partial charge in [-0.1, -0.05) is 12.5 Å². The smallest absolute Gasteiger partial charge is 0.254 e. The molecule has 146 valence electrons. The second-order valence-electron chi connectivity index (χ2n) is 7.03. The molecule has 0 aromatic heterocycles. The van der Waals surface area contributed by atoms with Crippen LogP contribution in [0.25, 0.3) is 0 Å². The number of hydrogen-bond acceptors (Lipinski definition) is 4. The monoisotopic (exact) mass is 373 g/mol. The fourth-order valence-corrected chi connectivity index (χ4v) is 3.57. The van der Waals surface area contributed by atoms with Gasteiger partial charge in [-0.2, -0.15) is 0 Å². The topological polar surface area (TPSA) is 70.2 Å². The predicted molar refractivity (Wildman–Crippen MR) is 101 cm³/mol. The average Bonchev–Trinajstić information content (AvgIpc) is 2.91. The number of amides is 3. The van der Waals surface area contributed by atoms with Crippen molar-refractivity contribution in [3.8, 4) is 5.75 Å². The first-order valence-corrected chi connectivity index (χ1v) is 9.57. The Morgan fingerprint density at radius 2 is 1.74 bits per heavy atom. The molecule has 0 atom stereocenters. The Kier molecular flexibility index (Phi) is 6.32. The number of rotatable bonds is 4.